The van der Waals surface area contributed by atoms with E-state index in [4.69, 9.17) is 4.74 Å². The molecule has 0 aliphatic carbocycles. The van der Waals surface area contributed by atoms with Crippen molar-refractivity contribution in [2.24, 2.45) is 5.92 Å². The Bertz CT molecular complexity index is 1180. The fraction of sp³-hybridized carbons (Fsp3) is 0.280. The van der Waals surface area contributed by atoms with E-state index in [1.165, 1.54) is 5.56 Å². The number of hydrogen-bond acceptors (Lipinski definition) is 3. The second-order valence-corrected chi connectivity index (χ2v) is 8.01. The van der Waals surface area contributed by atoms with Crippen LogP contribution in [-0.4, -0.2) is 21.6 Å². The van der Waals surface area contributed by atoms with Crippen molar-refractivity contribution in [3.8, 4) is 5.88 Å². The number of H-pyrrole nitrogens is 2. The number of benzene rings is 2. The SMILES string of the molecule is CC(C)Cc1nc(OCCc2ccccc2)c(Cc2c[nH]c3ccccc23)[nH]c1=O. The monoisotopic (exact) mass is 401 g/mol. The highest BCUT2D eigenvalue weighted by Crippen LogP contribution is 2.23. The van der Waals surface area contributed by atoms with Gasteiger partial charge in [-0.15, -0.1) is 0 Å². The number of para-hydroxylation sites is 1. The van der Waals surface area contributed by atoms with E-state index in [-0.39, 0.29) is 5.56 Å². The largest absolute Gasteiger partial charge is 0.476 e. The lowest BCUT2D eigenvalue weighted by molar-refractivity contribution is 0.302. The van der Waals surface area contributed by atoms with Crippen molar-refractivity contribution >= 4 is 10.9 Å². The van der Waals surface area contributed by atoms with Crippen molar-refractivity contribution in [2.45, 2.75) is 33.1 Å². The molecule has 0 spiro atoms. The molecule has 30 heavy (non-hydrogen) atoms. The molecule has 154 valence electrons. The van der Waals surface area contributed by atoms with Crippen LogP contribution >= 0.6 is 0 Å². The first-order valence-electron chi connectivity index (χ1n) is 10.4. The van der Waals surface area contributed by atoms with E-state index in [9.17, 15) is 4.79 Å². The summed E-state index contributed by atoms with van der Waals surface area (Å²) in [6.07, 6.45) is 3.94. The van der Waals surface area contributed by atoms with Gasteiger partial charge in [0.05, 0.1) is 12.3 Å². The second-order valence-electron chi connectivity index (χ2n) is 8.01. The Labute approximate surface area is 176 Å². The molecule has 0 amide bonds. The van der Waals surface area contributed by atoms with Gasteiger partial charge in [-0.05, 0) is 29.5 Å². The standard InChI is InChI=1S/C25H27N3O2/c1-17(2)14-22-24(29)27-23(15-19-16-26-21-11-7-6-10-20(19)21)25(28-22)30-13-12-18-8-4-3-5-9-18/h3-11,16-17,26H,12-15H2,1-2H3,(H,27,29). The van der Waals surface area contributed by atoms with E-state index >= 15 is 0 Å². The third-order valence-electron chi connectivity index (χ3n) is 5.14. The molecule has 0 atom stereocenters. The second kappa shape index (κ2) is 8.99. The molecule has 4 rings (SSSR count). The maximum absolute atomic E-state index is 12.6. The number of nitrogens with zero attached hydrogens (tertiary/aromatic N) is 1. The van der Waals surface area contributed by atoms with Gasteiger partial charge in [0.1, 0.15) is 5.69 Å². The maximum atomic E-state index is 12.6. The highest BCUT2D eigenvalue weighted by atomic mass is 16.5. The Morgan fingerprint density at radius 3 is 2.60 bits per heavy atom. The summed E-state index contributed by atoms with van der Waals surface area (Å²) in [5.74, 6) is 0.863. The molecule has 2 N–H and O–H groups in total. The fourth-order valence-corrected chi connectivity index (χ4v) is 3.65. The predicted octanol–water partition coefficient (Wildman–Crippen LogP) is 4.66. The van der Waals surface area contributed by atoms with Gasteiger partial charge in [0.15, 0.2) is 0 Å². The van der Waals surface area contributed by atoms with Crippen LogP contribution in [0.5, 0.6) is 5.88 Å². The third-order valence-corrected chi connectivity index (χ3v) is 5.14. The summed E-state index contributed by atoms with van der Waals surface area (Å²) in [6.45, 7) is 4.67. The normalized spacial score (nSPS) is 11.3. The van der Waals surface area contributed by atoms with E-state index in [0.717, 1.165) is 22.9 Å². The van der Waals surface area contributed by atoms with Crippen molar-refractivity contribution < 1.29 is 4.74 Å². The number of nitrogens with one attached hydrogen (secondary N) is 2. The average Bonchev–Trinajstić information content (AvgIpc) is 3.14. The van der Waals surface area contributed by atoms with Crippen molar-refractivity contribution in [3.63, 3.8) is 0 Å². The van der Waals surface area contributed by atoms with Crippen LogP contribution in [0.1, 0.15) is 36.4 Å². The number of rotatable bonds is 8. The Hall–Kier alpha value is -3.34. The Morgan fingerprint density at radius 1 is 1.03 bits per heavy atom. The van der Waals surface area contributed by atoms with Crippen LogP contribution in [0, 0.1) is 5.92 Å². The van der Waals surface area contributed by atoms with Crippen LogP contribution in [0.15, 0.2) is 65.6 Å². The molecule has 5 heteroatoms. The van der Waals surface area contributed by atoms with Crippen LogP contribution in [-0.2, 0) is 19.3 Å². The highest BCUT2D eigenvalue weighted by molar-refractivity contribution is 5.83. The Morgan fingerprint density at radius 2 is 1.80 bits per heavy atom. The van der Waals surface area contributed by atoms with Crippen molar-refractivity contribution in [2.75, 3.05) is 6.61 Å². The molecule has 4 aromatic rings. The van der Waals surface area contributed by atoms with Gasteiger partial charge in [-0.3, -0.25) is 4.79 Å². The van der Waals surface area contributed by atoms with Gasteiger partial charge >= 0.3 is 0 Å². The minimum atomic E-state index is -0.131. The van der Waals surface area contributed by atoms with Crippen molar-refractivity contribution in [1.29, 1.82) is 0 Å². The molecule has 0 aliphatic heterocycles. The predicted molar refractivity (Wildman–Crippen MR) is 120 cm³/mol. The van der Waals surface area contributed by atoms with Crippen molar-refractivity contribution in [1.82, 2.24) is 15.0 Å². The zero-order chi connectivity index (χ0) is 20.9. The summed E-state index contributed by atoms with van der Waals surface area (Å²) in [6, 6.07) is 18.4. The Balaban J connectivity index is 1.62. The van der Waals surface area contributed by atoms with Gasteiger partial charge in [0.2, 0.25) is 5.88 Å². The van der Waals surface area contributed by atoms with E-state index in [1.54, 1.807) is 0 Å². The lowest BCUT2D eigenvalue weighted by Gasteiger charge is -2.13. The molecule has 0 saturated carbocycles. The lowest BCUT2D eigenvalue weighted by Crippen LogP contribution is -2.21. The molecule has 5 nitrogen and oxygen atoms in total. The first kappa shape index (κ1) is 20.0. The summed E-state index contributed by atoms with van der Waals surface area (Å²) in [5.41, 5.74) is 4.50. The van der Waals surface area contributed by atoms with Gasteiger partial charge in [0, 0.05) is 29.9 Å². The van der Waals surface area contributed by atoms with Crippen LogP contribution in [0.4, 0.5) is 0 Å². The molecule has 0 bridgehead atoms. The van der Waals surface area contributed by atoms with E-state index in [2.05, 4.69) is 47.0 Å². The molecule has 0 fully saturated rings. The average molecular weight is 402 g/mol. The number of aromatic nitrogens is 3. The number of hydrogen-bond donors (Lipinski definition) is 2. The number of ether oxygens (including phenoxy) is 1. The topological polar surface area (TPSA) is 70.8 Å². The van der Waals surface area contributed by atoms with E-state index in [1.807, 2.05) is 42.6 Å². The number of aromatic amines is 2. The first-order chi connectivity index (χ1) is 14.6. The van der Waals surface area contributed by atoms with Crippen molar-refractivity contribution in [3.05, 3.63) is 93.7 Å². The van der Waals surface area contributed by atoms with Gasteiger partial charge in [0.25, 0.3) is 5.56 Å². The molecule has 0 radical (unpaired) electrons. The van der Waals surface area contributed by atoms with Crippen LogP contribution in [0.25, 0.3) is 10.9 Å². The van der Waals surface area contributed by atoms with Gasteiger partial charge < -0.3 is 14.7 Å². The lowest BCUT2D eigenvalue weighted by atomic mass is 10.1. The number of fused-ring (bicyclic) bond motifs is 1. The van der Waals surface area contributed by atoms with E-state index in [0.29, 0.717) is 42.6 Å². The smallest absolute Gasteiger partial charge is 0.270 e. The molecule has 0 aliphatic rings. The van der Waals surface area contributed by atoms with Gasteiger partial charge in [-0.2, -0.15) is 0 Å². The summed E-state index contributed by atoms with van der Waals surface area (Å²) in [4.78, 5) is 23.6. The summed E-state index contributed by atoms with van der Waals surface area (Å²) in [7, 11) is 0. The van der Waals surface area contributed by atoms with Crippen LogP contribution < -0.4 is 10.3 Å². The minimum Gasteiger partial charge on any atom is -0.476 e. The minimum absolute atomic E-state index is 0.131. The molecule has 2 aromatic carbocycles. The highest BCUT2D eigenvalue weighted by Gasteiger charge is 2.15. The third kappa shape index (κ3) is 4.62. The van der Waals surface area contributed by atoms with Gasteiger partial charge in [-0.25, -0.2) is 4.98 Å². The van der Waals surface area contributed by atoms with Gasteiger partial charge in [-0.1, -0.05) is 62.4 Å². The molecule has 2 heterocycles. The maximum Gasteiger partial charge on any atom is 0.270 e. The zero-order valence-corrected chi connectivity index (χ0v) is 17.4. The quantitative estimate of drug-likeness (QED) is 0.451. The molecule has 2 aromatic heterocycles. The summed E-state index contributed by atoms with van der Waals surface area (Å²) < 4.78 is 6.09. The van der Waals surface area contributed by atoms with Crippen LogP contribution in [0.3, 0.4) is 0 Å². The zero-order valence-electron chi connectivity index (χ0n) is 17.4. The fourth-order valence-electron chi connectivity index (χ4n) is 3.65. The van der Waals surface area contributed by atoms with E-state index < -0.39 is 0 Å². The summed E-state index contributed by atoms with van der Waals surface area (Å²) in [5, 5.41) is 1.14. The Kier molecular flexibility index (Phi) is 5.98. The van der Waals surface area contributed by atoms with Crippen LogP contribution in [0.2, 0.25) is 0 Å². The molecule has 0 saturated heterocycles. The molecule has 0 unspecified atom stereocenters. The molecular formula is C25H27N3O2. The first-order valence-corrected chi connectivity index (χ1v) is 10.4. The molecular weight excluding hydrogens is 374 g/mol. The summed E-state index contributed by atoms with van der Waals surface area (Å²) >= 11 is 0.